The van der Waals surface area contributed by atoms with Crippen LogP contribution in [-0.2, 0) is 9.53 Å². The Hall–Kier alpha value is -2.40. The molecule has 0 spiro atoms. The standard InChI is InChI=1S/C15H13ClN2O3/c1-10(14(19)18-11-6-3-2-4-7-11)21-15(20)12-8-5-9-17-13(12)16/h2-10H,1H3,(H,18,19). The average molecular weight is 305 g/mol. The predicted molar refractivity (Wildman–Crippen MR) is 79.2 cm³/mol. The van der Waals surface area contributed by atoms with Gasteiger partial charge in [-0.1, -0.05) is 29.8 Å². The van der Waals surface area contributed by atoms with Crippen molar-refractivity contribution in [2.24, 2.45) is 0 Å². The lowest BCUT2D eigenvalue weighted by Crippen LogP contribution is -2.30. The molecule has 0 saturated carbocycles. The quantitative estimate of drug-likeness (QED) is 0.696. The van der Waals surface area contributed by atoms with Gasteiger partial charge in [-0.15, -0.1) is 0 Å². The molecule has 0 aliphatic rings. The van der Waals surface area contributed by atoms with Crippen LogP contribution in [-0.4, -0.2) is 23.0 Å². The Morgan fingerprint density at radius 2 is 1.90 bits per heavy atom. The number of anilines is 1. The Labute approximate surface area is 126 Å². The number of amides is 1. The molecule has 1 aromatic heterocycles. The number of hydrogen-bond donors (Lipinski definition) is 1. The monoisotopic (exact) mass is 304 g/mol. The maximum Gasteiger partial charge on any atom is 0.342 e. The van der Waals surface area contributed by atoms with Crippen LogP contribution in [0.4, 0.5) is 5.69 Å². The molecule has 1 aromatic carbocycles. The number of nitrogens with zero attached hydrogens (tertiary/aromatic N) is 1. The first-order valence-corrected chi connectivity index (χ1v) is 6.63. The van der Waals surface area contributed by atoms with Crippen LogP contribution in [0.1, 0.15) is 17.3 Å². The summed E-state index contributed by atoms with van der Waals surface area (Å²) >= 11 is 5.80. The van der Waals surface area contributed by atoms with E-state index in [4.69, 9.17) is 16.3 Å². The first kappa shape index (κ1) is 15.0. The maximum absolute atomic E-state index is 11.9. The van der Waals surface area contributed by atoms with Crippen molar-refractivity contribution in [1.29, 1.82) is 0 Å². The van der Waals surface area contributed by atoms with Crippen molar-refractivity contribution >= 4 is 29.2 Å². The van der Waals surface area contributed by atoms with Gasteiger partial charge in [0.15, 0.2) is 6.10 Å². The van der Waals surface area contributed by atoms with E-state index >= 15 is 0 Å². The SMILES string of the molecule is CC(OC(=O)c1cccnc1Cl)C(=O)Nc1ccccc1. The second-order valence-corrected chi connectivity index (χ2v) is 4.60. The molecule has 1 unspecified atom stereocenters. The van der Waals surface area contributed by atoms with E-state index in [1.165, 1.54) is 19.2 Å². The third-order valence-electron chi connectivity index (χ3n) is 2.67. The van der Waals surface area contributed by atoms with Crippen molar-refractivity contribution in [3.8, 4) is 0 Å². The molecule has 2 aromatic rings. The van der Waals surface area contributed by atoms with E-state index in [2.05, 4.69) is 10.3 Å². The number of esters is 1. The van der Waals surface area contributed by atoms with E-state index in [0.717, 1.165) is 0 Å². The van der Waals surface area contributed by atoms with E-state index in [0.29, 0.717) is 5.69 Å². The van der Waals surface area contributed by atoms with Crippen LogP contribution < -0.4 is 5.32 Å². The summed E-state index contributed by atoms with van der Waals surface area (Å²) in [6.07, 6.45) is 0.513. The Kier molecular flexibility index (Phi) is 4.90. The topological polar surface area (TPSA) is 68.3 Å². The number of benzene rings is 1. The van der Waals surface area contributed by atoms with Gasteiger partial charge in [-0.05, 0) is 31.2 Å². The van der Waals surface area contributed by atoms with E-state index in [1.54, 1.807) is 30.3 Å². The molecule has 2 rings (SSSR count). The molecule has 0 aliphatic carbocycles. The summed E-state index contributed by atoms with van der Waals surface area (Å²) in [4.78, 5) is 27.6. The first-order valence-electron chi connectivity index (χ1n) is 6.25. The summed E-state index contributed by atoms with van der Waals surface area (Å²) in [5, 5.41) is 2.69. The lowest BCUT2D eigenvalue weighted by atomic mass is 10.2. The number of aromatic nitrogens is 1. The number of pyridine rings is 1. The van der Waals surface area contributed by atoms with Gasteiger partial charge in [-0.25, -0.2) is 9.78 Å². The van der Waals surface area contributed by atoms with Crippen LogP contribution >= 0.6 is 11.6 Å². The van der Waals surface area contributed by atoms with Crippen LogP contribution in [0, 0.1) is 0 Å². The van der Waals surface area contributed by atoms with Gasteiger partial charge in [-0.3, -0.25) is 4.79 Å². The van der Waals surface area contributed by atoms with Gasteiger partial charge in [0.2, 0.25) is 0 Å². The molecule has 21 heavy (non-hydrogen) atoms. The summed E-state index contributed by atoms with van der Waals surface area (Å²) in [6, 6.07) is 12.0. The van der Waals surface area contributed by atoms with Gasteiger partial charge in [0.05, 0.1) is 5.56 Å². The zero-order chi connectivity index (χ0) is 15.2. The van der Waals surface area contributed by atoms with Crippen molar-refractivity contribution in [3.63, 3.8) is 0 Å². The second-order valence-electron chi connectivity index (χ2n) is 4.24. The van der Waals surface area contributed by atoms with Crippen LogP contribution in [0.3, 0.4) is 0 Å². The Bertz CT molecular complexity index is 646. The second kappa shape index (κ2) is 6.85. The molecule has 0 saturated heterocycles. The summed E-state index contributed by atoms with van der Waals surface area (Å²) in [7, 11) is 0. The predicted octanol–water partition coefficient (Wildman–Crippen LogP) is 2.92. The molecule has 0 fully saturated rings. The van der Waals surface area contributed by atoms with E-state index in [1.807, 2.05) is 6.07 Å². The average Bonchev–Trinajstić information content (AvgIpc) is 2.48. The Balaban J connectivity index is 1.98. The van der Waals surface area contributed by atoms with Gasteiger partial charge in [0.25, 0.3) is 5.91 Å². The smallest absolute Gasteiger partial charge is 0.342 e. The third-order valence-corrected chi connectivity index (χ3v) is 2.97. The number of halogens is 1. The van der Waals surface area contributed by atoms with Crippen LogP contribution in [0.15, 0.2) is 48.7 Å². The fraction of sp³-hybridized carbons (Fsp3) is 0.133. The number of hydrogen-bond acceptors (Lipinski definition) is 4. The van der Waals surface area contributed by atoms with Gasteiger partial charge in [0.1, 0.15) is 5.15 Å². The number of nitrogens with one attached hydrogen (secondary N) is 1. The highest BCUT2D eigenvalue weighted by Gasteiger charge is 2.20. The number of carbonyl (C=O) groups is 2. The van der Waals surface area contributed by atoms with E-state index in [9.17, 15) is 9.59 Å². The molecule has 0 bridgehead atoms. The molecule has 1 heterocycles. The largest absolute Gasteiger partial charge is 0.449 e. The number of carbonyl (C=O) groups excluding carboxylic acids is 2. The van der Waals surface area contributed by atoms with Crippen LogP contribution in [0.5, 0.6) is 0 Å². The third kappa shape index (κ3) is 4.03. The first-order chi connectivity index (χ1) is 10.1. The van der Waals surface area contributed by atoms with Crippen molar-refractivity contribution in [2.75, 3.05) is 5.32 Å². The van der Waals surface area contributed by atoms with Crippen molar-refractivity contribution in [3.05, 3.63) is 59.4 Å². The molecule has 0 radical (unpaired) electrons. The zero-order valence-electron chi connectivity index (χ0n) is 11.2. The molecule has 0 aliphatic heterocycles. The molecule has 5 nitrogen and oxygen atoms in total. The van der Waals surface area contributed by atoms with Gasteiger partial charge >= 0.3 is 5.97 Å². The van der Waals surface area contributed by atoms with Gasteiger partial charge in [0, 0.05) is 11.9 Å². The minimum absolute atomic E-state index is 0.0400. The van der Waals surface area contributed by atoms with E-state index in [-0.39, 0.29) is 10.7 Å². The summed E-state index contributed by atoms with van der Waals surface area (Å²) < 4.78 is 5.08. The minimum Gasteiger partial charge on any atom is -0.449 e. The molecule has 1 N–H and O–H groups in total. The molecular weight excluding hydrogens is 292 g/mol. The summed E-state index contributed by atoms with van der Waals surface area (Å²) in [5.74, 6) is -1.11. The lowest BCUT2D eigenvalue weighted by molar-refractivity contribution is -0.123. The highest BCUT2D eigenvalue weighted by Crippen LogP contribution is 2.14. The zero-order valence-corrected chi connectivity index (χ0v) is 12.0. The summed E-state index contributed by atoms with van der Waals surface area (Å²) in [5.41, 5.74) is 0.753. The number of rotatable bonds is 4. The van der Waals surface area contributed by atoms with Crippen molar-refractivity contribution in [1.82, 2.24) is 4.98 Å². The van der Waals surface area contributed by atoms with Crippen LogP contribution in [0.2, 0.25) is 5.15 Å². The van der Waals surface area contributed by atoms with Gasteiger partial charge < -0.3 is 10.1 Å². The summed E-state index contributed by atoms with van der Waals surface area (Å²) in [6.45, 7) is 1.49. The fourth-order valence-corrected chi connectivity index (χ4v) is 1.78. The molecule has 108 valence electrons. The fourth-order valence-electron chi connectivity index (χ4n) is 1.58. The number of para-hydroxylation sites is 1. The highest BCUT2D eigenvalue weighted by molar-refractivity contribution is 6.32. The Morgan fingerprint density at radius 1 is 1.19 bits per heavy atom. The number of ether oxygens (including phenoxy) is 1. The normalized spacial score (nSPS) is 11.5. The molecular formula is C15H13ClN2O3. The molecule has 1 atom stereocenters. The van der Waals surface area contributed by atoms with Crippen molar-refractivity contribution < 1.29 is 14.3 Å². The van der Waals surface area contributed by atoms with Crippen molar-refractivity contribution in [2.45, 2.75) is 13.0 Å². The van der Waals surface area contributed by atoms with E-state index < -0.39 is 18.0 Å². The van der Waals surface area contributed by atoms with Crippen LogP contribution in [0.25, 0.3) is 0 Å². The molecule has 1 amide bonds. The molecule has 6 heteroatoms. The maximum atomic E-state index is 11.9. The Morgan fingerprint density at radius 3 is 2.57 bits per heavy atom. The lowest BCUT2D eigenvalue weighted by Gasteiger charge is -2.13. The highest BCUT2D eigenvalue weighted by atomic mass is 35.5. The van der Waals surface area contributed by atoms with Gasteiger partial charge in [-0.2, -0.15) is 0 Å². The minimum atomic E-state index is -0.950.